The van der Waals surface area contributed by atoms with Gasteiger partial charge in [0.15, 0.2) is 0 Å². The Morgan fingerprint density at radius 3 is 2.04 bits per heavy atom. The number of amides is 1. The van der Waals surface area contributed by atoms with Crippen LogP contribution in [0.25, 0.3) is 0 Å². The molecule has 1 saturated heterocycles. The van der Waals surface area contributed by atoms with E-state index in [2.05, 4.69) is 20.8 Å². The van der Waals surface area contributed by atoms with E-state index in [-0.39, 0.29) is 17.9 Å². The molecule has 1 aromatic carbocycles. The summed E-state index contributed by atoms with van der Waals surface area (Å²) in [5.41, 5.74) is 1.60. The molecular formula is C20H29NO4. The van der Waals surface area contributed by atoms with E-state index in [1.54, 1.807) is 20.8 Å². The fourth-order valence-electron chi connectivity index (χ4n) is 3.10. The summed E-state index contributed by atoms with van der Waals surface area (Å²) >= 11 is 0. The van der Waals surface area contributed by atoms with E-state index in [0.29, 0.717) is 6.54 Å². The summed E-state index contributed by atoms with van der Waals surface area (Å²) in [6.07, 6.45) is -0.451. The number of hydrogen-bond acceptors (Lipinski definition) is 3. The first-order valence-corrected chi connectivity index (χ1v) is 8.69. The average Bonchev–Trinajstić information content (AvgIpc) is 2.90. The predicted octanol–water partition coefficient (Wildman–Crippen LogP) is 4.02. The normalized spacial score (nSPS) is 21.3. The molecule has 1 N–H and O–H groups in total. The fourth-order valence-corrected chi connectivity index (χ4v) is 3.10. The van der Waals surface area contributed by atoms with Crippen molar-refractivity contribution in [2.75, 3.05) is 13.1 Å². The van der Waals surface area contributed by atoms with Gasteiger partial charge in [-0.2, -0.15) is 0 Å². The molecule has 0 bridgehead atoms. The molecule has 1 aliphatic rings. The number of carbonyl (C=O) groups excluding carboxylic acids is 1. The third-order valence-electron chi connectivity index (χ3n) is 4.49. The minimum Gasteiger partial charge on any atom is -0.481 e. The van der Waals surface area contributed by atoms with Crippen molar-refractivity contribution in [3.8, 4) is 0 Å². The van der Waals surface area contributed by atoms with Crippen molar-refractivity contribution in [1.82, 2.24) is 4.90 Å². The monoisotopic (exact) mass is 347 g/mol. The van der Waals surface area contributed by atoms with Crippen molar-refractivity contribution in [2.24, 2.45) is 5.92 Å². The molecule has 1 amide bonds. The number of rotatable bonds is 2. The lowest BCUT2D eigenvalue weighted by molar-refractivity contribution is -0.141. The van der Waals surface area contributed by atoms with E-state index in [1.165, 1.54) is 10.5 Å². The molecule has 1 fully saturated rings. The minimum absolute atomic E-state index is 0.0446. The van der Waals surface area contributed by atoms with Crippen molar-refractivity contribution in [3.63, 3.8) is 0 Å². The van der Waals surface area contributed by atoms with Crippen LogP contribution in [0.5, 0.6) is 0 Å². The van der Waals surface area contributed by atoms with Gasteiger partial charge in [-0.15, -0.1) is 0 Å². The topological polar surface area (TPSA) is 66.8 Å². The highest BCUT2D eigenvalue weighted by Gasteiger charge is 2.41. The summed E-state index contributed by atoms with van der Waals surface area (Å²) in [6.45, 7) is 12.4. The van der Waals surface area contributed by atoms with Crippen LogP contribution in [0, 0.1) is 5.92 Å². The number of carboxylic acids is 1. The lowest BCUT2D eigenvalue weighted by Gasteiger charge is -2.24. The first-order valence-electron chi connectivity index (χ1n) is 8.69. The number of ether oxygens (including phenoxy) is 1. The molecule has 0 spiro atoms. The standard InChI is InChI=1S/C20H29NO4/c1-19(2,3)14-9-7-13(8-10-14)15-11-21(12-16(15)17(22)23)18(24)25-20(4,5)6/h7-10,15-16H,11-12H2,1-6H3,(H,22,23)/t15-,16+/m1/s1. The molecule has 5 nitrogen and oxygen atoms in total. The van der Waals surface area contributed by atoms with Gasteiger partial charge in [-0.1, -0.05) is 45.0 Å². The number of nitrogens with zero attached hydrogens (tertiary/aromatic N) is 1. The highest BCUT2D eigenvalue weighted by molar-refractivity contribution is 5.76. The lowest BCUT2D eigenvalue weighted by atomic mass is 9.83. The molecule has 1 aliphatic heterocycles. The van der Waals surface area contributed by atoms with Gasteiger partial charge in [0.2, 0.25) is 0 Å². The van der Waals surface area contributed by atoms with E-state index in [1.807, 2.05) is 24.3 Å². The third kappa shape index (κ3) is 4.74. The average molecular weight is 347 g/mol. The van der Waals surface area contributed by atoms with Gasteiger partial charge < -0.3 is 14.7 Å². The molecule has 0 aliphatic carbocycles. The molecule has 0 saturated carbocycles. The van der Waals surface area contributed by atoms with Gasteiger partial charge in [0.1, 0.15) is 5.60 Å². The zero-order chi connectivity index (χ0) is 19.0. The van der Waals surface area contributed by atoms with Gasteiger partial charge in [0.25, 0.3) is 0 Å². The molecule has 1 aromatic rings. The molecule has 0 radical (unpaired) electrons. The van der Waals surface area contributed by atoms with Crippen molar-refractivity contribution < 1.29 is 19.4 Å². The van der Waals surface area contributed by atoms with Crippen LogP contribution in [0.2, 0.25) is 0 Å². The zero-order valence-corrected chi connectivity index (χ0v) is 16.0. The third-order valence-corrected chi connectivity index (χ3v) is 4.49. The Morgan fingerprint density at radius 2 is 1.60 bits per heavy atom. The van der Waals surface area contributed by atoms with E-state index in [4.69, 9.17) is 4.74 Å². The number of carboxylic acid groups (broad SMARTS) is 1. The van der Waals surface area contributed by atoms with Crippen LogP contribution in [0.4, 0.5) is 4.79 Å². The largest absolute Gasteiger partial charge is 0.481 e. The first-order chi connectivity index (χ1) is 11.4. The van der Waals surface area contributed by atoms with E-state index < -0.39 is 23.6 Å². The molecular weight excluding hydrogens is 318 g/mol. The summed E-state index contributed by atoms with van der Waals surface area (Å²) in [5.74, 6) is -1.72. The van der Waals surface area contributed by atoms with Crippen molar-refractivity contribution in [2.45, 2.75) is 58.5 Å². The molecule has 2 atom stereocenters. The van der Waals surface area contributed by atoms with Gasteiger partial charge >= 0.3 is 12.1 Å². The summed E-state index contributed by atoms with van der Waals surface area (Å²) < 4.78 is 5.39. The van der Waals surface area contributed by atoms with E-state index >= 15 is 0 Å². The second kappa shape index (κ2) is 6.70. The Bertz CT molecular complexity index is 637. The van der Waals surface area contributed by atoms with Crippen LogP contribution in [-0.4, -0.2) is 40.8 Å². The Kier molecular flexibility index (Phi) is 5.17. The maximum Gasteiger partial charge on any atom is 0.410 e. The summed E-state index contributed by atoms with van der Waals surface area (Å²) in [7, 11) is 0. The van der Waals surface area contributed by atoms with Crippen LogP contribution < -0.4 is 0 Å². The molecule has 5 heteroatoms. The van der Waals surface area contributed by atoms with Crippen molar-refractivity contribution in [3.05, 3.63) is 35.4 Å². The number of benzene rings is 1. The second-order valence-corrected chi connectivity index (χ2v) is 8.81. The molecule has 1 heterocycles. The molecule has 0 aromatic heterocycles. The summed E-state index contributed by atoms with van der Waals surface area (Å²) in [6, 6.07) is 8.06. The lowest BCUT2D eigenvalue weighted by Crippen LogP contribution is -2.35. The SMILES string of the molecule is CC(C)(C)OC(=O)N1C[C@H](C(=O)O)[C@@H](c2ccc(C(C)(C)C)cc2)C1. The molecule has 138 valence electrons. The van der Waals surface area contributed by atoms with Gasteiger partial charge in [-0.05, 0) is 37.3 Å². The molecule has 2 rings (SSSR count). The highest BCUT2D eigenvalue weighted by Crippen LogP contribution is 2.35. The number of carbonyl (C=O) groups is 2. The fraction of sp³-hybridized carbons (Fsp3) is 0.600. The van der Waals surface area contributed by atoms with Crippen LogP contribution in [-0.2, 0) is 14.9 Å². The Hall–Kier alpha value is -2.04. The van der Waals surface area contributed by atoms with E-state index in [0.717, 1.165) is 5.56 Å². The number of aliphatic carboxylic acids is 1. The number of likely N-dealkylation sites (tertiary alicyclic amines) is 1. The molecule has 25 heavy (non-hydrogen) atoms. The Morgan fingerprint density at radius 1 is 1.04 bits per heavy atom. The van der Waals surface area contributed by atoms with Gasteiger partial charge in [0.05, 0.1) is 5.92 Å². The summed E-state index contributed by atoms with van der Waals surface area (Å²) in [5, 5.41) is 9.58. The van der Waals surface area contributed by atoms with Gasteiger partial charge in [-0.3, -0.25) is 4.79 Å². The zero-order valence-electron chi connectivity index (χ0n) is 16.0. The summed E-state index contributed by atoms with van der Waals surface area (Å²) in [4.78, 5) is 25.5. The number of hydrogen-bond donors (Lipinski definition) is 1. The first kappa shape index (κ1) is 19.3. The van der Waals surface area contributed by atoms with Crippen molar-refractivity contribution in [1.29, 1.82) is 0 Å². The van der Waals surface area contributed by atoms with E-state index in [9.17, 15) is 14.7 Å². The van der Waals surface area contributed by atoms with Gasteiger partial charge in [-0.25, -0.2) is 4.79 Å². The van der Waals surface area contributed by atoms with Crippen LogP contribution >= 0.6 is 0 Å². The van der Waals surface area contributed by atoms with Gasteiger partial charge in [0, 0.05) is 19.0 Å². The van der Waals surface area contributed by atoms with Crippen molar-refractivity contribution >= 4 is 12.1 Å². The maximum absolute atomic E-state index is 12.3. The van der Waals surface area contributed by atoms with Crippen LogP contribution in [0.1, 0.15) is 58.6 Å². The Labute approximate surface area is 150 Å². The van der Waals surface area contributed by atoms with Crippen LogP contribution in [0.3, 0.4) is 0 Å². The highest BCUT2D eigenvalue weighted by atomic mass is 16.6. The predicted molar refractivity (Wildman–Crippen MR) is 96.8 cm³/mol. The second-order valence-electron chi connectivity index (χ2n) is 8.81. The maximum atomic E-state index is 12.3. The molecule has 0 unspecified atom stereocenters. The Balaban J connectivity index is 2.21. The minimum atomic E-state index is -0.879. The smallest absolute Gasteiger partial charge is 0.410 e. The van der Waals surface area contributed by atoms with Crippen LogP contribution in [0.15, 0.2) is 24.3 Å². The quantitative estimate of drug-likeness (QED) is 0.877.